The van der Waals surface area contributed by atoms with Gasteiger partial charge in [0.05, 0.1) is 10.4 Å². The molecule has 0 aromatic heterocycles. The summed E-state index contributed by atoms with van der Waals surface area (Å²) >= 11 is 9.97. The molecule has 0 amide bonds. The molecule has 1 spiro atoms. The molecule has 0 bridgehead atoms. The Kier molecular flexibility index (Phi) is 6.21. The van der Waals surface area contributed by atoms with Gasteiger partial charge in [-0.3, -0.25) is 4.79 Å². The molecular formula is C32H27ClN2OS2. The summed E-state index contributed by atoms with van der Waals surface area (Å²) in [5.41, 5.74) is 8.99. The summed E-state index contributed by atoms with van der Waals surface area (Å²) in [6, 6.07) is 32.1. The van der Waals surface area contributed by atoms with E-state index in [4.69, 9.17) is 16.7 Å². The van der Waals surface area contributed by atoms with Crippen LogP contribution < -0.4 is 5.01 Å². The van der Waals surface area contributed by atoms with Gasteiger partial charge in [0.2, 0.25) is 0 Å². The molecule has 6 heteroatoms. The lowest BCUT2D eigenvalue weighted by atomic mass is 9.81. The van der Waals surface area contributed by atoms with Crippen LogP contribution in [0.2, 0.25) is 5.02 Å². The number of carbonyl (C=O) groups excluding carboxylic acids is 1. The van der Waals surface area contributed by atoms with Crippen LogP contribution in [0.25, 0.3) is 0 Å². The first-order valence-corrected chi connectivity index (χ1v) is 14.6. The van der Waals surface area contributed by atoms with Crippen LogP contribution in [0.3, 0.4) is 0 Å². The number of ketones is 1. The lowest BCUT2D eigenvalue weighted by Crippen LogP contribution is -2.34. The summed E-state index contributed by atoms with van der Waals surface area (Å²) in [5.74, 6) is -0.0437. The molecule has 4 aromatic carbocycles. The van der Waals surface area contributed by atoms with E-state index in [2.05, 4.69) is 86.6 Å². The Morgan fingerprint density at radius 2 is 1.37 bits per heavy atom. The van der Waals surface area contributed by atoms with Crippen LogP contribution in [0.4, 0.5) is 5.69 Å². The third-order valence-corrected chi connectivity index (χ3v) is 11.1. The minimum absolute atomic E-state index is 0.0437. The number of fused-ring (bicyclic) bond motifs is 2. The Morgan fingerprint density at radius 3 is 1.95 bits per heavy atom. The second-order valence-electron chi connectivity index (χ2n) is 9.90. The summed E-state index contributed by atoms with van der Waals surface area (Å²) in [6.07, 6.45) is 0. The fourth-order valence-electron chi connectivity index (χ4n) is 5.32. The average Bonchev–Trinajstić information content (AvgIpc) is 3.44. The van der Waals surface area contributed by atoms with Crippen molar-refractivity contribution in [1.82, 2.24) is 0 Å². The molecule has 0 aliphatic carbocycles. The highest BCUT2D eigenvalue weighted by atomic mass is 35.5. The van der Waals surface area contributed by atoms with Crippen molar-refractivity contribution in [2.75, 3.05) is 5.01 Å². The molecule has 0 radical (unpaired) electrons. The van der Waals surface area contributed by atoms with Crippen LogP contribution in [0.1, 0.15) is 45.9 Å². The molecule has 0 fully saturated rings. The van der Waals surface area contributed by atoms with E-state index in [1.165, 1.54) is 39.6 Å². The molecule has 0 saturated carbocycles. The summed E-state index contributed by atoms with van der Waals surface area (Å²) in [5, 5.41) is 8.16. The highest BCUT2D eigenvalue weighted by Gasteiger charge is 2.61. The molecular weight excluding hydrogens is 528 g/mol. The number of anilines is 1. The third kappa shape index (κ3) is 3.75. The van der Waals surface area contributed by atoms with Gasteiger partial charge in [-0.25, -0.2) is 5.01 Å². The van der Waals surface area contributed by atoms with Gasteiger partial charge in [0.15, 0.2) is 15.0 Å². The van der Waals surface area contributed by atoms with E-state index in [9.17, 15) is 4.79 Å². The number of hydrogen-bond acceptors (Lipinski definition) is 5. The number of thioether (sulfide) groups is 2. The number of carbonyl (C=O) groups is 1. The van der Waals surface area contributed by atoms with Gasteiger partial charge in [-0.1, -0.05) is 125 Å². The fraction of sp³-hybridized carbons (Fsp3) is 0.188. The number of aryl methyl sites for hydroxylation is 2. The topological polar surface area (TPSA) is 32.7 Å². The van der Waals surface area contributed by atoms with Gasteiger partial charge in [-0.05, 0) is 55.2 Å². The van der Waals surface area contributed by atoms with Gasteiger partial charge in [-0.2, -0.15) is 5.10 Å². The zero-order valence-corrected chi connectivity index (χ0v) is 24.0. The zero-order valence-electron chi connectivity index (χ0n) is 21.7. The lowest BCUT2D eigenvalue weighted by Gasteiger charge is -2.37. The molecule has 2 aliphatic rings. The minimum Gasteiger partial charge on any atom is -0.292 e. The number of Topliss-reactive ketones (excluding diaryl/α,β-unsaturated/α-hetero) is 1. The zero-order chi connectivity index (χ0) is 26.7. The van der Waals surface area contributed by atoms with Crippen LogP contribution in [0.5, 0.6) is 0 Å². The number of halogens is 1. The molecule has 2 aliphatic heterocycles. The van der Waals surface area contributed by atoms with Crippen LogP contribution in [0.15, 0.2) is 96.1 Å². The van der Waals surface area contributed by atoms with Gasteiger partial charge in [-0.15, -0.1) is 0 Å². The molecule has 38 heavy (non-hydrogen) atoms. The van der Waals surface area contributed by atoms with Crippen molar-refractivity contribution in [2.24, 2.45) is 5.10 Å². The van der Waals surface area contributed by atoms with Gasteiger partial charge in [0.25, 0.3) is 0 Å². The van der Waals surface area contributed by atoms with Crippen molar-refractivity contribution in [3.8, 4) is 0 Å². The third-order valence-electron chi connectivity index (χ3n) is 7.33. The molecule has 0 unspecified atom stereocenters. The van der Waals surface area contributed by atoms with E-state index < -0.39 is 8.95 Å². The van der Waals surface area contributed by atoms with E-state index in [-0.39, 0.29) is 5.78 Å². The lowest BCUT2D eigenvalue weighted by molar-refractivity contribution is -0.110. The van der Waals surface area contributed by atoms with Crippen molar-refractivity contribution in [1.29, 1.82) is 0 Å². The van der Waals surface area contributed by atoms with Crippen molar-refractivity contribution in [3.63, 3.8) is 0 Å². The van der Waals surface area contributed by atoms with E-state index in [1.807, 2.05) is 41.9 Å². The first-order chi connectivity index (χ1) is 18.3. The normalized spacial score (nSPS) is 19.5. The Hall–Kier alpha value is -2.99. The average molecular weight is 555 g/mol. The Balaban J connectivity index is 1.67. The molecule has 190 valence electrons. The van der Waals surface area contributed by atoms with E-state index >= 15 is 0 Å². The van der Waals surface area contributed by atoms with Crippen molar-refractivity contribution >= 4 is 51.6 Å². The number of benzene rings is 4. The molecule has 6 rings (SSSR count). The van der Waals surface area contributed by atoms with Gasteiger partial charge in [0.1, 0.15) is 0 Å². The molecule has 2 heterocycles. The van der Waals surface area contributed by atoms with Gasteiger partial charge < -0.3 is 0 Å². The number of rotatable bonds is 4. The number of hydrogen-bond donors (Lipinski definition) is 0. The molecule has 0 saturated heterocycles. The summed E-state index contributed by atoms with van der Waals surface area (Å²) in [6.45, 7) is 7.83. The molecule has 3 nitrogen and oxygen atoms in total. The fourth-order valence-corrected chi connectivity index (χ4v) is 9.03. The molecule has 0 N–H and O–H groups in total. The predicted molar refractivity (Wildman–Crippen MR) is 162 cm³/mol. The first kappa shape index (κ1) is 25.3. The SMILES string of the molecule is CC(=O)C1=NN(c2cccc(Cl)c2C)[C@]2(S1)SC(c1ccc(C)cc1)(c1ccc(C)cc1)c1ccccc12. The van der Waals surface area contributed by atoms with E-state index in [0.717, 1.165) is 16.8 Å². The minimum atomic E-state index is -0.706. The smallest absolute Gasteiger partial charge is 0.187 e. The van der Waals surface area contributed by atoms with Crippen LogP contribution >= 0.6 is 35.1 Å². The van der Waals surface area contributed by atoms with Crippen LogP contribution in [-0.4, -0.2) is 10.8 Å². The van der Waals surface area contributed by atoms with Gasteiger partial charge >= 0.3 is 0 Å². The Bertz CT molecular complexity index is 1550. The van der Waals surface area contributed by atoms with Gasteiger partial charge in [0, 0.05) is 17.5 Å². The maximum Gasteiger partial charge on any atom is 0.187 e. The monoisotopic (exact) mass is 554 g/mol. The van der Waals surface area contributed by atoms with Crippen LogP contribution in [-0.2, 0) is 13.7 Å². The number of nitrogens with zero attached hydrogens (tertiary/aromatic N) is 2. The predicted octanol–water partition coefficient (Wildman–Crippen LogP) is 8.57. The summed E-state index contributed by atoms with van der Waals surface area (Å²) in [4.78, 5) is 12.8. The second kappa shape index (κ2) is 9.33. The largest absolute Gasteiger partial charge is 0.292 e. The van der Waals surface area contributed by atoms with Crippen molar-refractivity contribution in [2.45, 2.75) is 36.6 Å². The summed E-state index contributed by atoms with van der Waals surface area (Å²) in [7, 11) is 0. The van der Waals surface area contributed by atoms with Crippen molar-refractivity contribution < 1.29 is 4.79 Å². The maximum atomic E-state index is 12.8. The standard InChI is InChI=1S/C32H27ClN2OS2/c1-20-12-16-24(17-13-20)31(25-18-14-21(2)15-19-25)26-8-5-6-9-27(26)32(38-31)35(34-30(37-32)23(4)36)29-11-7-10-28(33)22(29)3/h5-19H,1-4H3/t32-/m1/s1. The first-order valence-electron chi connectivity index (χ1n) is 12.5. The Morgan fingerprint density at radius 1 is 0.789 bits per heavy atom. The second-order valence-corrected chi connectivity index (χ2v) is 13.2. The number of hydrazone groups is 1. The van der Waals surface area contributed by atoms with E-state index in [0.29, 0.717) is 10.1 Å². The van der Waals surface area contributed by atoms with E-state index in [1.54, 1.807) is 6.92 Å². The van der Waals surface area contributed by atoms with Crippen LogP contribution in [0, 0.1) is 20.8 Å². The summed E-state index contributed by atoms with van der Waals surface area (Å²) < 4.78 is -1.22. The highest BCUT2D eigenvalue weighted by molar-refractivity contribution is 8.27. The molecule has 1 atom stereocenters. The Labute approximate surface area is 237 Å². The molecule has 4 aromatic rings. The quantitative estimate of drug-likeness (QED) is 0.253. The van der Waals surface area contributed by atoms with Crippen molar-refractivity contribution in [3.05, 3.63) is 135 Å². The highest BCUT2D eigenvalue weighted by Crippen LogP contribution is 2.71. The maximum absolute atomic E-state index is 12.8.